The minimum atomic E-state index is -3.48. The number of anilines is 1. The number of halogens is 1. The van der Waals surface area contributed by atoms with Crippen molar-refractivity contribution in [3.05, 3.63) is 48.5 Å². The Balaban J connectivity index is 0.00000408. The number of likely N-dealkylation sites (N-methyl/N-ethyl adjacent to an activating group) is 1. The van der Waals surface area contributed by atoms with Crippen molar-refractivity contribution in [3.63, 3.8) is 0 Å². The number of fused-ring (bicyclic) bond motifs is 1. The monoisotopic (exact) mass is 545 g/mol. The van der Waals surface area contributed by atoms with Gasteiger partial charge >= 0.3 is 0 Å². The number of carbonyl (C=O) groups is 1. The third-order valence-electron chi connectivity index (χ3n) is 4.98. The molecule has 186 valence electrons. The van der Waals surface area contributed by atoms with Crippen LogP contribution < -0.4 is 4.90 Å². The predicted octanol–water partition coefficient (Wildman–Crippen LogP) is 3.27. The number of sulfone groups is 2. The normalized spacial score (nSPS) is 12.0. The molecule has 0 atom stereocenters. The Bertz CT molecular complexity index is 1340. The summed E-state index contributed by atoms with van der Waals surface area (Å²) in [5, 5.41) is 0.402. The van der Waals surface area contributed by atoms with Crippen LogP contribution in [0.15, 0.2) is 58.3 Å². The molecule has 0 N–H and O–H groups in total. The SMILES string of the molecule is CN(C)CCN(C(=O)CCCS(=O)(=O)c1ccccc1)c1nc2c(S(C)(=O)=O)cccc2s1.Cl. The average molecular weight is 546 g/mol. The number of benzene rings is 2. The zero-order valence-electron chi connectivity index (χ0n) is 19.2. The van der Waals surface area contributed by atoms with E-state index in [2.05, 4.69) is 4.98 Å². The maximum atomic E-state index is 13.1. The molecule has 1 amide bonds. The topological polar surface area (TPSA) is 105 Å². The van der Waals surface area contributed by atoms with Crippen molar-refractivity contribution < 1.29 is 21.6 Å². The lowest BCUT2D eigenvalue weighted by molar-refractivity contribution is -0.118. The Kier molecular flexibility index (Phi) is 9.61. The van der Waals surface area contributed by atoms with Crippen LogP contribution in [0.1, 0.15) is 12.8 Å². The number of amides is 1. The fraction of sp³-hybridized carbons (Fsp3) is 0.364. The average Bonchev–Trinajstić information content (AvgIpc) is 3.17. The number of carbonyl (C=O) groups excluding carboxylic acids is 1. The number of hydrogen-bond acceptors (Lipinski definition) is 8. The third kappa shape index (κ3) is 6.98. The zero-order chi connectivity index (χ0) is 24.2. The van der Waals surface area contributed by atoms with E-state index >= 15 is 0 Å². The Hall–Kier alpha value is -2.05. The van der Waals surface area contributed by atoms with Gasteiger partial charge < -0.3 is 4.90 Å². The molecule has 0 aliphatic carbocycles. The van der Waals surface area contributed by atoms with E-state index in [0.717, 1.165) is 6.26 Å². The summed E-state index contributed by atoms with van der Waals surface area (Å²) in [5.41, 5.74) is 0.342. The molecule has 0 bridgehead atoms. The molecule has 0 radical (unpaired) electrons. The van der Waals surface area contributed by atoms with E-state index in [-0.39, 0.29) is 46.7 Å². The van der Waals surface area contributed by atoms with Gasteiger partial charge in [0, 0.05) is 25.8 Å². The first kappa shape index (κ1) is 28.2. The molecule has 8 nitrogen and oxygen atoms in total. The predicted molar refractivity (Wildman–Crippen MR) is 139 cm³/mol. The molecule has 12 heteroatoms. The molecule has 0 aliphatic heterocycles. The van der Waals surface area contributed by atoms with Gasteiger partial charge in [0.1, 0.15) is 5.52 Å². The van der Waals surface area contributed by atoms with E-state index in [1.165, 1.54) is 22.3 Å². The van der Waals surface area contributed by atoms with Crippen LogP contribution in [0.3, 0.4) is 0 Å². The van der Waals surface area contributed by atoms with Gasteiger partial charge in [0.25, 0.3) is 0 Å². The van der Waals surface area contributed by atoms with Crippen molar-refractivity contribution in [2.45, 2.75) is 22.6 Å². The van der Waals surface area contributed by atoms with Gasteiger partial charge in [0.15, 0.2) is 24.8 Å². The lowest BCUT2D eigenvalue weighted by Crippen LogP contribution is -2.36. The van der Waals surface area contributed by atoms with E-state index in [1.54, 1.807) is 42.5 Å². The molecule has 3 aromatic rings. The lowest BCUT2D eigenvalue weighted by Gasteiger charge is -2.22. The van der Waals surface area contributed by atoms with Gasteiger partial charge in [-0.05, 0) is 44.8 Å². The van der Waals surface area contributed by atoms with Crippen LogP contribution in [0.25, 0.3) is 10.2 Å². The highest BCUT2D eigenvalue weighted by Crippen LogP contribution is 2.33. The Morgan fingerprint density at radius 2 is 1.65 bits per heavy atom. The maximum Gasteiger partial charge on any atom is 0.228 e. The first-order valence-electron chi connectivity index (χ1n) is 10.3. The molecule has 0 saturated heterocycles. The molecule has 3 rings (SSSR count). The highest BCUT2D eigenvalue weighted by molar-refractivity contribution is 7.91. The molecule has 1 aromatic heterocycles. The second kappa shape index (κ2) is 11.6. The first-order valence-corrected chi connectivity index (χ1v) is 14.7. The van der Waals surface area contributed by atoms with Gasteiger partial charge in [0.05, 0.1) is 20.2 Å². The molecule has 34 heavy (non-hydrogen) atoms. The molecule has 2 aromatic carbocycles. The molecular formula is C22H28ClN3O5S3. The van der Waals surface area contributed by atoms with Gasteiger partial charge in [-0.25, -0.2) is 21.8 Å². The number of hydrogen-bond donors (Lipinski definition) is 0. The fourth-order valence-corrected chi connectivity index (χ4v) is 6.51. The zero-order valence-corrected chi connectivity index (χ0v) is 22.4. The summed E-state index contributed by atoms with van der Waals surface area (Å²) < 4.78 is 50.0. The van der Waals surface area contributed by atoms with Crippen molar-refractivity contribution in [1.29, 1.82) is 0 Å². The summed E-state index contributed by atoms with van der Waals surface area (Å²) in [6.07, 6.45) is 1.34. The van der Waals surface area contributed by atoms with E-state index < -0.39 is 19.7 Å². The first-order chi connectivity index (χ1) is 15.5. The highest BCUT2D eigenvalue weighted by Gasteiger charge is 2.23. The van der Waals surface area contributed by atoms with Crippen molar-refractivity contribution in [2.24, 2.45) is 0 Å². The number of aromatic nitrogens is 1. The quantitative estimate of drug-likeness (QED) is 0.385. The van der Waals surface area contributed by atoms with E-state index in [0.29, 0.717) is 28.4 Å². The van der Waals surface area contributed by atoms with Crippen LogP contribution in [-0.4, -0.2) is 71.8 Å². The van der Waals surface area contributed by atoms with Crippen LogP contribution >= 0.6 is 23.7 Å². The largest absolute Gasteiger partial charge is 0.308 e. The lowest BCUT2D eigenvalue weighted by atomic mass is 10.3. The Morgan fingerprint density at radius 1 is 0.971 bits per heavy atom. The van der Waals surface area contributed by atoms with Crippen molar-refractivity contribution in [2.75, 3.05) is 44.1 Å². The second-order valence-electron chi connectivity index (χ2n) is 7.96. The fourth-order valence-electron chi connectivity index (χ4n) is 3.25. The van der Waals surface area contributed by atoms with Crippen LogP contribution in [0.4, 0.5) is 5.13 Å². The van der Waals surface area contributed by atoms with Gasteiger partial charge in [0.2, 0.25) is 5.91 Å². The van der Waals surface area contributed by atoms with Crippen LogP contribution in [0, 0.1) is 0 Å². The van der Waals surface area contributed by atoms with Gasteiger partial charge in [-0.3, -0.25) is 9.69 Å². The molecule has 0 aliphatic rings. The maximum absolute atomic E-state index is 13.1. The molecule has 0 saturated carbocycles. The van der Waals surface area contributed by atoms with E-state index in [1.807, 2.05) is 19.0 Å². The minimum absolute atomic E-state index is 0. The summed E-state index contributed by atoms with van der Waals surface area (Å²) in [7, 11) is -3.18. The molecule has 1 heterocycles. The number of para-hydroxylation sites is 1. The summed E-state index contributed by atoms with van der Waals surface area (Å²) >= 11 is 1.24. The van der Waals surface area contributed by atoms with Gasteiger partial charge in [-0.1, -0.05) is 35.6 Å². The molecule has 0 fully saturated rings. The van der Waals surface area contributed by atoms with E-state index in [4.69, 9.17) is 0 Å². The Morgan fingerprint density at radius 3 is 2.26 bits per heavy atom. The number of rotatable bonds is 10. The van der Waals surface area contributed by atoms with Crippen LogP contribution in [-0.2, 0) is 24.5 Å². The number of nitrogens with zero attached hydrogens (tertiary/aromatic N) is 3. The molecule has 0 spiro atoms. The smallest absolute Gasteiger partial charge is 0.228 e. The second-order valence-corrected chi connectivity index (χ2v) is 13.1. The van der Waals surface area contributed by atoms with Gasteiger partial charge in [-0.2, -0.15) is 0 Å². The Labute approximate surface area is 210 Å². The number of thiazole rings is 1. The van der Waals surface area contributed by atoms with Crippen molar-refractivity contribution in [3.8, 4) is 0 Å². The van der Waals surface area contributed by atoms with Gasteiger partial charge in [-0.15, -0.1) is 12.4 Å². The molecular weight excluding hydrogens is 518 g/mol. The van der Waals surface area contributed by atoms with E-state index in [9.17, 15) is 21.6 Å². The van der Waals surface area contributed by atoms with Crippen molar-refractivity contribution >= 4 is 64.7 Å². The summed E-state index contributed by atoms with van der Waals surface area (Å²) in [6, 6.07) is 13.1. The summed E-state index contributed by atoms with van der Waals surface area (Å²) in [6.45, 7) is 0.925. The third-order valence-corrected chi connectivity index (χ3v) is 8.97. The summed E-state index contributed by atoms with van der Waals surface area (Å²) in [4.78, 5) is 21.4. The highest BCUT2D eigenvalue weighted by atomic mass is 35.5. The van der Waals surface area contributed by atoms with Crippen molar-refractivity contribution in [1.82, 2.24) is 9.88 Å². The molecule has 0 unspecified atom stereocenters. The summed E-state index contributed by atoms with van der Waals surface area (Å²) in [5.74, 6) is -0.386. The minimum Gasteiger partial charge on any atom is -0.308 e. The van der Waals surface area contributed by atoms with Crippen LogP contribution in [0.2, 0.25) is 0 Å². The standard InChI is InChI=1S/C22H27N3O5S3.ClH/c1-24(2)14-15-25(20(26)13-8-16-33(29,30)17-9-5-4-6-10-17)22-23-21-18(31-22)11-7-12-19(21)32(3,27)28;/h4-7,9-12H,8,13-16H2,1-3H3;1H. The van der Waals surface area contributed by atoms with Crippen LogP contribution in [0.5, 0.6) is 0 Å².